The molecule has 5 nitrogen and oxygen atoms in total. The Morgan fingerprint density at radius 1 is 1.25 bits per heavy atom. The van der Waals surface area contributed by atoms with E-state index in [9.17, 15) is 9.59 Å². The van der Waals surface area contributed by atoms with Crippen LogP contribution in [-0.2, 0) is 4.79 Å². The van der Waals surface area contributed by atoms with Gasteiger partial charge in [0.2, 0.25) is 5.91 Å². The lowest BCUT2D eigenvalue weighted by atomic mass is 10.1. The Morgan fingerprint density at radius 2 is 1.96 bits per heavy atom. The van der Waals surface area contributed by atoms with Gasteiger partial charge in [0.25, 0.3) is 0 Å². The van der Waals surface area contributed by atoms with E-state index in [2.05, 4.69) is 15.6 Å². The van der Waals surface area contributed by atoms with Crippen LogP contribution < -0.4 is 10.6 Å². The highest BCUT2D eigenvalue weighted by Gasteiger charge is 2.11. The van der Waals surface area contributed by atoms with Gasteiger partial charge in [-0.25, -0.2) is 9.78 Å². The Hall–Kier alpha value is -1.86. The van der Waals surface area contributed by atoms with Crippen LogP contribution in [0.4, 0.5) is 4.79 Å². The number of hydrogen-bond acceptors (Lipinski definition) is 5. The van der Waals surface area contributed by atoms with E-state index in [1.54, 1.807) is 0 Å². The van der Waals surface area contributed by atoms with Gasteiger partial charge in [0.1, 0.15) is 0 Å². The normalized spacial score (nSPS) is 10.7. The highest BCUT2D eigenvalue weighted by Crippen LogP contribution is 2.28. The summed E-state index contributed by atoms with van der Waals surface area (Å²) >= 11 is 2.82. The third-order valence-electron chi connectivity index (χ3n) is 3.08. The van der Waals surface area contributed by atoms with Crippen molar-refractivity contribution in [1.29, 1.82) is 0 Å². The van der Waals surface area contributed by atoms with Crippen molar-refractivity contribution >= 4 is 35.0 Å². The van der Waals surface area contributed by atoms with Gasteiger partial charge < -0.3 is 5.32 Å². The second-order valence-corrected chi connectivity index (χ2v) is 7.89. The van der Waals surface area contributed by atoms with Crippen LogP contribution in [0.5, 0.6) is 0 Å². The first kappa shape index (κ1) is 18.5. The molecule has 2 aromatic rings. The largest absolute Gasteiger partial charge is 0.338 e. The number of thioether (sulfide) groups is 1. The number of thiazole rings is 1. The zero-order valence-electron chi connectivity index (χ0n) is 14.0. The van der Waals surface area contributed by atoms with Gasteiger partial charge in [-0.2, -0.15) is 0 Å². The van der Waals surface area contributed by atoms with E-state index in [0.29, 0.717) is 12.5 Å². The first-order chi connectivity index (χ1) is 11.4. The van der Waals surface area contributed by atoms with E-state index in [1.165, 1.54) is 28.7 Å². The molecule has 0 aliphatic rings. The van der Waals surface area contributed by atoms with Gasteiger partial charge >= 0.3 is 6.03 Å². The average Bonchev–Trinajstić information content (AvgIpc) is 3.00. The molecule has 0 bridgehead atoms. The third-order valence-corrected chi connectivity index (χ3v) is 5.10. The molecule has 0 atom stereocenters. The van der Waals surface area contributed by atoms with Crippen molar-refractivity contribution in [3.05, 3.63) is 35.2 Å². The monoisotopic (exact) mass is 363 g/mol. The van der Waals surface area contributed by atoms with Gasteiger partial charge in [0, 0.05) is 17.5 Å². The molecule has 0 unspecified atom stereocenters. The molecule has 0 saturated carbocycles. The lowest BCUT2D eigenvalue weighted by Gasteiger charge is -2.07. The van der Waals surface area contributed by atoms with Crippen molar-refractivity contribution in [3.8, 4) is 11.3 Å². The van der Waals surface area contributed by atoms with Gasteiger partial charge in [-0.15, -0.1) is 11.3 Å². The topological polar surface area (TPSA) is 71.1 Å². The van der Waals surface area contributed by atoms with Crippen molar-refractivity contribution in [2.45, 2.75) is 25.1 Å². The van der Waals surface area contributed by atoms with Crippen LogP contribution in [0.25, 0.3) is 11.3 Å². The highest BCUT2D eigenvalue weighted by atomic mass is 32.2. The maximum atomic E-state index is 11.8. The summed E-state index contributed by atoms with van der Waals surface area (Å²) in [5, 5.41) is 6.94. The third kappa shape index (κ3) is 5.98. The minimum absolute atomic E-state index is 0.163. The van der Waals surface area contributed by atoms with Gasteiger partial charge in [-0.3, -0.25) is 10.1 Å². The molecule has 2 rings (SSSR count). The molecule has 0 fully saturated rings. The average molecular weight is 364 g/mol. The van der Waals surface area contributed by atoms with Crippen LogP contribution in [0.15, 0.2) is 34.0 Å². The molecule has 24 heavy (non-hydrogen) atoms. The molecule has 1 aromatic carbocycles. The minimum Gasteiger partial charge on any atom is -0.338 e. The number of aromatic nitrogens is 1. The van der Waals surface area contributed by atoms with Gasteiger partial charge in [0.05, 0.1) is 11.4 Å². The number of benzene rings is 1. The summed E-state index contributed by atoms with van der Waals surface area (Å²) in [5.74, 6) is 0.180. The number of amides is 3. The van der Waals surface area contributed by atoms with Crippen molar-refractivity contribution in [2.75, 3.05) is 12.3 Å². The molecular formula is C17H21N3O2S2. The molecule has 1 heterocycles. The maximum Gasteiger partial charge on any atom is 0.321 e. The number of nitrogens with zero attached hydrogens (tertiary/aromatic N) is 1. The van der Waals surface area contributed by atoms with Crippen molar-refractivity contribution in [1.82, 2.24) is 15.6 Å². The van der Waals surface area contributed by atoms with Crippen LogP contribution in [-0.4, -0.2) is 29.2 Å². The fourth-order valence-electron chi connectivity index (χ4n) is 1.81. The first-order valence-electron chi connectivity index (χ1n) is 7.67. The molecule has 2 N–H and O–H groups in total. The van der Waals surface area contributed by atoms with E-state index >= 15 is 0 Å². The van der Waals surface area contributed by atoms with E-state index in [0.717, 1.165) is 15.6 Å². The van der Waals surface area contributed by atoms with Gasteiger partial charge in [-0.05, 0) is 12.8 Å². The minimum atomic E-state index is -0.450. The fourth-order valence-corrected chi connectivity index (χ4v) is 3.45. The number of carbonyl (C=O) groups excluding carboxylic acids is 2. The SMILES string of the molecule is Cc1ccc(-c2csc(SCC(=O)NC(=O)NCC(C)C)n2)cc1. The molecule has 0 saturated heterocycles. The number of imide groups is 1. The lowest BCUT2D eigenvalue weighted by molar-refractivity contribution is -0.117. The van der Waals surface area contributed by atoms with E-state index in [4.69, 9.17) is 0 Å². The number of carbonyl (C=O) groups is 2. The number of nitrogens with one attached hydrogen (secondary N) is 2. The molecule has 0 aliphatic carbocycles. The van der Waals surface area contributed by atoms with Crippen LogP contribution in [0.3, 0.4) is 0 Å². The van der Waals surface area contributed by atoms with E-state index < -0.39 is 6.03 Å². The summed E-state index contributed by atoms with van der Waals surface area (Å²) in [6.45, 7) is 6.57. The smallest absolute Gasteiger partial charge is 0.321 e. The summed E-state index contributed by atoms with van der Waals surface area (Å²) in [7, 11) is 0. The van der Waals surface area contributed by atoms with Gasteiger partial charge in [-0.1, -0.05) is 55.4 Å². The molecule has 3 amide bonds. The van der Waals surface area contributed by atoms with Crippen LogP contribution in [0, 0.1) is 12.8 Å². The predicted molar refractivity (Wildman–Crippen MR) is 99.4 cm³/mol. The van der Waals surface area contributed by atoms with E-state index in [1.807, 2.05) is 50.4 Å². The Bertz CT molecular complexity index is 696. The van der Waals surface area contributed by atoms with Gasteiger partial charge in [0.15, 0.2) is 4.34 Å². The molecule has 128 valence electrons. The number of hydrogen-bond donors (Lipinski definition) is 2. The number of rotatable bonds is 6. The number of aryl methyl sites for hydroxylation is 1. The number of urea groups is 1. The van der Waals surface area contributed by atoms with Crippen LogP contribution in [0.2, 0.25) is 0 Å². The zero-order chi connectivity index (χ0) is 17.5. The van der Waals surface area contributed by atoms with E-state index in [-0.39, 0.29) is 11.7 Å². The Kier molecular flexibility index (Phi) is 6.81. The van der Waals surface area contributed by atoms with Crippen LogP contribution in [0.1, 0.15) is 19.4 Å². The fraction of sp³-hybridized carbons (Fsp3) is 0.353. The standard InChI is InChI=1S/C17H21N3O2S2/c1-11(2)8-18-16(22)20-15(21)10-24-17-19-14(9-23-17)13-6-4-12(3)5-7-13/h4-7,9,11H,8,10H2,1-3H3,(H2,18,20,21,22). The molecule has 0 spiro atoms. The quantitative estimate of drug-likeness (QED) is 0.768. The summed E-state index contributed by atoms with van der Waals surface area (Å²) in [6.07, 6.45) is 0. The Balaban J connectivity index is 1.81. The molecular weight excluding hydrogens is 342 g/mol. The molecule has 0 radical (unpaired) electrons. The lowest BCUT2D eigenvalue weighted by Crippen LogP contribution is -2.41. The molecule has 7 heteroatoms. The highest BCUT2D eigenvalue weighted by molar-refractivity contribution is 8.01. The second-order valence-electron chi connectivity index (χ2n) is 5.81. The van der Waals surface area contributed by atoms with Crippen molar-refractivity contribution in [3.63, 3.8) is 0 Å². The second kappa shape index (κ2) is 8.84. The molecule has 1 aromatic heterocycles. The Labute approximate surface area is 150 Å². The molecule has 0 aliphatic heterocycles. The first-order valence-corrected chi connectivity index (χ1v) is 9.53. The Morgan fingerprint density at radius 3 is 2.62 bits per heavy atom. The van der Waals surface area contributed by atoms with Crippen LogP contribution >= 0.6 is 23.1 Å². The predicted octanol–water partition coefficient (Wildman–Crippen LogP) is 3.69. The van der Waals surface area contributed by atoms with Crippen molar-refractivity contribution in [2.24, 2.45) is 5.92 Å². The maximum absolute atomic E-state index is 11.8. The summed E-state index contributed by atoms with van der Waals surface area (Å²) in [6, 6.07) is 7.71. The summed E-state index contributed by atoms with van der Waals surface area (Å²) in [4.78, 5) is 27.8. The summed E-state index contributed by atoms with van der Waals surface area (Å²) < 4.78 is 0.809. The summed E-state index contributed by atoms with van der Waals surface area (Å²) in [5.41, 5.74) is 3.16. The zero-order valence-corrected chi connectivity index (χ0v) is 15.6. The van der Waals surface area contributed by atoms with Crippen molar-refractivity contribution < 1.29 is 9.59 Å².